The van der Waals surface area contributed by atoms with E-state index in [0.717, 1.165) is 23.1 Å². The van der Waals surface area contributed by atoms with Crippen molar-refractivity contribution in [1.29, 1.82) is 0 Å². The summed E-state index contributed by atoms with van der Waals surface area (Å²) < 4.78 is 12.5. The molecule has 26 heavy (non-hydrogen) atoms. The summed E-state index contributed by atoms with van der Waals surface area (Å²) in [5.41, 5.74) is 1.65. The molecule has 0 saturated carbocycles. The summed E-state index contributed by atoms with van der Waals surface area (Å²) >= 11 is 1.62. The van der Waals surface area contributed by atoms with Crippen molar-refractivity contribution >= 4 is 33.1 Å². The first-order chi connectivity index (χ1) is 12.5. The maximum absolute atomic E-state index is 12.3. The molecule has 1 aliphatic heterocycles. The van der Waals surface area contributed by atoms with Gasteiger partial charge in [0.25, 0.3) is 5.91 Å². The SMILES string of the molecule is COCCCNC(=O)c1nc2c3c4c(sc3ncn2n1)COC(C)(C)C4. The van der Waals surface area contributed by atoms with Gasteiger partial charge >= 0.3 is 0 Å². The van der Waals surface area contributed by atoms with Crippen LogP contribution in [0.4, 0.5) is 0 Å². The van der Waals surface area contributed by atoms with Crippen LogP contribution in [0, 0.1) is 0 Å². The zero-order valence-corrected chi connectivity index (χ0v) is 15.9. The predicted molar refractivity (Wildman–Crippen MR) is 97.6 cm³/mol. The number of thiophene rings is 1. The summed E-state index contributed by atoms with van der Waals surface area (Å²) in [5.74, 6) is -0.131. The topological polar surface area (TPSA) is 90.6 Å². The molecule has 0 aliphatic carbocycles. The molecular formula is C17H21N5O3S. The summed E-state index contributed by atoms with van der Waals surface area (Å²) in [6.45, 7) is 5.86. The molecule has 138 valence electrons. The molecule has 3 aromatic rings. The average Bonchev–Trinajstić information content (AvgIpc) is 3.18. The molecule has 0 spiro atoms. The van der Waals surface area contributed by atoms with Gasteiger partial charge in [-0.3, -0.25) is 4.79 Å². The summed E-state index contributed by atoms with van der Waals surface area (Å²) in [5, 5.41) is 8.10. The van der Waals surface area contributed by atoms with Crippen LogP contribution in [0.1, 0.15) is 41.3 Å². The molecule has 4 heterocycles. The number of amides is 1. The van der Waals surface area contributed by atoms with Crippen LogP contribution in [0.5, 0.6) is 0 Å². The Morgan fingerprint density at radius 3 is 3.15 bits per heavy atom. The maximum Gasteiger partial charge on any atom is 0.290 e. The standard InChI is InChI=1S/C17H21N5O3S/c1-17(2)7-10-11(8-25-17)26-16-12(10)14-20-13(21-22(14)9-19-16)15(23)18-5-4-6-24-3/h9H,4-8H2,1-3H3,(H,18,23). The minimum Gasteiger partial charge on any atom is -0.385 e. The van der Waals surface area contributed by atoms with Crippen molar-refractivity contribution < 1.29 is 14.3 Å². The zero-order chi connectivity index (χ0) is 18.3. The Hall–Kier alpha value is -2.10. The first-order valence-corrected chi connectivity index (χ1v) is 9.37. The van der Waals surface area contributed by atoms with E-state index in [9.17, 15) is 4.79 Å². The normalized spacial score (nSPS) is 16.1. The van der Waals surface area contributed by atoms with Gasteiger partial charge in [-0.1, -0.05) is 0 Å². The summed E-state index contributed by atoms with van der Waals surface area (Å²) in [7, 11) is 1.64. The number of ether oxygens (including phenoxy) is 2. The lowest BCUT2D eigenvalue weighted by Crippen LogP contribution is -2.31. The van der Waals surface area contributed by atoms with Crippen LogP contribution in [0.2, 0.25) is 0 Å². The Kier molecular flexibility index (Phi) is 4.37. The number of aromatic nitrogens is 4. The summed E-state index contributed by atoms with van der Waals surface area (Å²) in [6.07, 6.45) is 3.14. The van der Waals surface area contributed by atoms with Crippen LogP contribution in [0.25, 0.3) is 15.9 Å². The molecular weight excluding hydrogens is 354 g/mol. The van der Waals surface area contributed by atoms with Gasteiger partial charge in [-0.25, -0.2) is 14.5 Å². The molecule has 8 nitrogen and oxygen atoms in total. The molecule has 0 aromatic carbocycles. The first kappa shape index (κ1) is 17.3. The van der Waals surface area contributed by atoms with Gasteiger partial charge in [-0.05, 0) is 25.8 Å². The Balaban J connectivity index is 1.71. The second kappa shape index (κ2) is 6.57. The van der Waals surface area contributed by atoms with Crippen molar-refractivity contribution in [3.8, 4) is 0 Å². The summed E-state index contributed by atoms with van der Waals surface area (Å²) in [4.78, 5) is 23.4. The lowest BCUT2D eigenvalue weighted by Gasteiger charge is -2.30. The van der Waals surface area contributed by atoms with Gasteiger partial charge in [0.05, 0.1) is 17.6 Å². The molecule has 0 radical (unpaired) electrons. The number of nitrogens with one attached hydrogen (secondary N) is 1. The highest BCUT2D eigenvalue weighted by molar-refractivity contribution is 7.19. The molecule has 1 aliphatic rings. The van der Waals surface area contributed by atoms with Crippen molar-refractivity contribution in [3.63, 3.8) is 0 Å². The molecule has 4 rings (SSSR count). The van der Waals surface area contributed by atoms with Gasteiger partial charge < -0.3 is 14.8 Å². The minimum atomic E-state index is -0.286. The van der Waals surface area contributed by atoms with Crippen molar-refractivity contribution in [2.75, 3.05) is 20.3 Å². The van der Waals surface area contributed by atoms with Crippen LogP contribution in [-0.4, -0.2) is 51.4 Å². The van der Waals surface area contributed by atoms with Gasteiger partial charge in [0, 0.05) is 31.6 Å². The summed E-state index contributed by atoms with van der Waals surface area (Å²) in [6, 6.07) is 0. The van der Waals surface area contributed by atoms with Gasteiger partial charge in [-0.15, -0.1) is 16.4 Å². The Bertz CT molecular complexity index is 978. The number of nitrogens with zero attached hydrogens (tertiary/aromatic N) is 4. The van der Waals surface area contributed by atoms with Gasteiger partial charge in [0.1, 0.15) is 11.2 Å². The van der Waals surface area contributed by atoms with E-state index in [1.165, 1.54) is 10.4 Å². The predicted octanol–water partition coefficient (Wildman–Crippen LogP) is 1.96. The fourth-order valence-corrected chi connectivity index (χ4v) is 4.20. The number of methoxy groups -OCH3 is 1. The lowest BCUT2D eigenvalue weighted by atomic mass is 9.94. The molecule has 0 bridgehead atoms. The van der Waals surface area contributed by atoms with E-state index < -0.39 is 0 Å². The van der Waals surface area contributed by atoms with E-state index in [-0.39, 0.29) is 17.3 Å². The number of rotatable bonds is 5. The Morgan fingerprint density at radius 1 is 1.50 bits per heavy atom. The highest BCUT2D eigenvalue weighted by Gasteiger charge is 2.31. The first-order valence-electron chi connectivity index (χ1n) is 8.55. The van der Waals surface area contributed by atoms with Crippen LogP contribution in [0.3, 0.4) is 0 Å². The van der Waals surface area contributed by atoms with E-state index >= 15 is 0 Å². The van der Waals surface area contributed by atoms with Crippen molar-refractivity contribution in [2.45, 2.75) is 38.9 Å². The van der Waals surface area contributed by atoms with E-state index in [0.29, 0.717) is 25.4 Å². The van der Waals surface area contributed by atoms with Gasteiger partial charge in [0.15, 0.2) is 5.65 Å². The van der Waals surface area contributed by atoms with Crippen molar-refractivity contribution in [2.24, 2.45) is 0 Å². The third kappa shape index (κ3) is 3.06. The van der Waals surface area contributed by atoms with Gasteiger partial charge in [0.2, 0.25) is 5.82 Å². The third-order valence-electron chi connectivity index (χ3n) is 4.42. The molecule has 0 unspecified atom stereocenters. The Labute approximate surface area is 154 Å². The quantitative estimate of drug-likeness (QED) is 0.686. The fraction of sp³-hybridized carbons (Fsp3) is 0.529. The Morgan fingerprint density at radius 2 is 2.35 bits per heavy atom. The van der Waals surface area contributed by atoms with Crippen LogP contribution in [-0.2, 0) is 22.5 Å². The van der Waals surface area contributed by atoms with Crippen LogP contribution >= 0.6 is 11.3 Å². The fourth-order valence-electron chi connectivity index (χ4n) is 3.14. The zero-order valence-electron chi connectivity index (χ0n) is 15.0. The minimum absolute atomic E-state index is 0.156. The molecule has 9 heteroatoms. The number of hydrogen-bond donors (Lipinski definition) is 1. The number of carbonyl (C=O) groups is 1. The average molecular weight is 375 g/mol. The second-order valence-corrected chi connectivity index (χ2v) is 8.04. The number of hydrogen-bond acceptors (Lipinski definition) is 7. The number of fused-ring (bicyclic) bond motifs is 5. The van der Waals surface area contributed by atoms with Crippen molar-refractivity contribution in [3.05, 3.63) is 22.6 Å². The maximum atomic E-state index is 12.3. The van der Waals surface area contributed by atoms with E-state index in [1.54, 1.807) is 29.3 Å². The molecule has 1 amide bonds. The van der Waals surface area contributed by atoms with Crippen LogP contribution in [0.15, 0.2) is 6.33 Å². The lowest BCUT2D eigenvalue weighted by molar-refractivity contribution is -0.0379. The molecule has 3 aromatic heterocycles. The second-order valence-electron chi connectivity index (χ2n) is 6.96. The molecule has 0 saturated heterocycles. The van der Waals surface area contributed by atoms with E-state index in [4.69, 9.17) is 9.47 Å². The highest BCUT2D eigenvalue weighted by atomic mass is 32.1. The molecule has 0 atom stereocenters. The van der Waals surface area contributed by atoms with E-state index in [2.05, 4.69) is 34.2 Å². The smallest absolute Gasteiger partial charge is 0.290 e. The molecule has 0 fully saturated rings. The third-order valence-corrected chi connectivity index (χ3v) is 5.54. The van der Waals surface area contributed by atoms with Crippen LogP contribution < -0.4 is 5.32 Å². The largest absolute Gasteiger partial charge is 0.385 e. The highest BCUT2D eigenvalue weighted by Crippen LogP contribution is 2.39. The monoisotopic (exact) mass is 375 g/mol. The van der Waals surface area contributed by atoms with Crippen molar-refractivity contribution in [1.82, 2.24) is 24.9 Å². The number of carbonyl (C=O) groups excluding carboxylic acids is 1. The molecule has 1 N–H and O–H groups in total. The van der Waals surface area contributed by atoms with Gasteiger partial charge in [-0.2, -0.15) is 0 Å². The van der Waals surface area contributed by atoms with E-state index in [1.807, 2.05) is 0 Å².